The Morgan fingerprint density at radius 1 is 1.31 bits per heavy atom. The normalized spacial score (nSPS) is 10.2. The number of ether oxygens (including phenoxy) is 2. The van der Waals surface area contributed by atoms with Gasteiger partial charge in [-0.3, -0.25) is 0 Å². The third-order valence-electron chi connectivity index (χ3n) is 1.63. The van der Waals surface area contributed by atoms with Gasteiger partial charge in [0, 0.05) is 0 Å². The topological polar surface area (TPSA) is 18.5 Å². The van der Waals surface area contributed by atoms with Crippen LogP contribution in [0.3, 0.4) is 0 Å². The monoisotopic (exact) mass is 179 g/mol. The Labute approximate surface area is 79.5 Å². The fourth-order valence-corrected chi connectivity index (χ4v) is 1.14. The largest absolute Gasteiger partial charge is 0.493 e. The van der Waals surface area contributed by atoms with Gasteiger partial charge >= 0.3 is 0 Å². The summed E-state index contributed by atoms with van der Waals surface area (Å²) in [4.78, 5) is 0. The molecule has 0 bridgehead atoms. The molecular weight excluding hydrogens is 164 g/mol. The Hall–Kier alpha value is -1.18. The predicted octanol–water partition coefficient (Wildman–Crippen LogP) is 2.66. The molecular formula is C11H15O2. The average Bonchev–Trinajstić information content (AvgIpc) is 2.03. The molecule has 0 saturated heterocycles. The molecule has 0 amide bonds. The Morgan fingerprint density at radius 2 is 2.00 bits per heavy atom. The van der Waals surface area contributed by atoms with Crippen molar-refractivity contribution in [3.05, 3.63) is 30.7 Å². The van der Waals surface area contributed by atoms with Crippen LogP contribution in [0.15, 0.2) is 18.2 Å². The van der Waals surface area contributed by atoms with Gasteiger partial charge in [0.2, 0.25) is 0 Å². The highest BCUT2D eigenvalue weighted by Gasteiger charge is 2.07. The molecule has 0 N–H and O–H groups in total. The lowest BCUT2D eigenvalue weighted by atomic mass is 10.2. The third-order valence-corrected chi connectivity index (χ3v) is 1.63. The van der Waals surface area contributed by atoms with Crippen molar-refractivity contribution in [2.45, 2.75) is 20.0 Å². The van der Waals surface area contributed by atoms with Gasteiger partial charge in [-0.2, -0.15) is 0 Å². The van der Waals surface area contributed by atoms with Crippen LogP contribution in [-0.2, 0) is 0 Å². The first-order valence-electron chi connectivity index (χ1n) is 4.30. The molecule has 0 unspecified atom stereocenters. The summed E-state index contributed by atoms with van der Waals surface area (Å²) in [5.41, 5.74) is 0.848. The second-order valence-corrected chi connectivity index (χ2v) is 3.12. The van der Waals surface area contributed by atoms with E-state index >= 15 is 0 Å². The van der Waals surface area contributed by atoms with E-state index in [1.807, 2.05) is 32.0 Å². The number of para-hydroxylation sites is 1. The summed E-state index contributed by atoms with van der Waals surface area (Å²) in [6, 6.07) is 5.68. The van der Waals surface area contributed by atoms with Crippen LogP contribution in [-0.4, -0.2) is 13.2 Å². The summed E-state index contributed by atoms with van der Waals surface area (Å²) >= 11 is 0. The number of methoxy groups -OCH3 is 1. The molecule has 0 fully saturated rings. The summed E-state index contributed by atoms with van der Waals surface area (Å²) in [5.74, 6) is 1.47. The van der Waals surface area contributed by atoms with Crippen LogP contribution in [0.4, 0.5) is 0 Å². The Kier molecular flexibility index (Phi) is 3.18. The van der Waals surface area contributed by atoms with Gasteiger partial charge in [-0.15, -0.1) is 0 Å². The van der Waals surface area contributed by atoms with Crippen LogP contribution >= 0.6 is 0 Å². The zero-order chi connectivity index (χ0) is 9.84. The maximum absolute atomic E-state index is 5.55. The molecule has 2 nitrogen and oxygen atoms in total. The van der Waals surface area contributed by atoms with Crippen molar-refractivity contribution >= 4 is 0 Å². The van der Waals surface area contributed by atoms with Crippen molar-refractivity contribution in [2.24, 2.45) is 0 Å². The van der Waals surface area contributed by atoms with Gasteiger partial charge in [0.05, 0.1) is 13.2 Å². The van der Waals surface area contributed by atoms with Crippen molar-refractivity contribution in [3.63, 3.8) is 0 Å². The van der Waals surface area contributed by atoms with Crippen LogP contribution in [0.25, 0.3) is 0 Å². The number of hydrogen-bond donors (Lipinski definition) is 0. The van der Waals surface area contributed by atoms with E-state index in [1.165, 1.54) is 0 Å². The molecule has 1 aromatic rings. The van der Waals surface area contributed by atoms with Crippen molar-refractivity contribution in [2.75, 3.05) is 7.11 Å². The fraction of sp³-hybridized carbons (Fsp3) is 0.364. The lowest BCUT2D eigenvalue weighted by Gasteiger charge is -2.14. The Bertz CT molecular complexity index is 279. The van der Waals surface area contributed by atoms with Crippen LogP contribution in [0.2, 0.25) is 0 Å². The molecule has 13 heavy (non-hydrogen) atoms. The molecule has 0 saturated carbocycles. The number of hydrogen-bond acceptors (Lipinski definition) is 2. The quantitative estimate of drug-likeness (QED) is 0.710. The number of rotatable bonds is 3. The van der Waals surface area contributed by atoms with E-state index in [0.29, 0.717) is 0 Å². The first-order valence-corrected chi connectivity index (χ1v) is 4.30. The van der Waals surface area contributed by atoms with E-state index in [2.05, 4.69) is 6.92 Å². The molecule has 71 valence electrons. The smallest absolute Gasteiger partial charge is 0.163 e. The van der Waals surface area contributed by atoms with Gasteiger partial charge in [-0.25, -0.2) is 0 Å². The standard InChI is InChI=1S/C11H15O2/c1-8(2)13-10-7-5-6-9(3)11(10)12-4/h5-8H,3H2,1-2,4H3. The summed E-state index contributed by atoms with van der Waals surface area (Å²) in [6.07, 6.45) is 0.149. The Balaban J connectivity index is 2.98. The molecule has 2 heteroatoms. The van der Waals surface area contributed by atoms with E-state index in [-0.39, 0.29) is 6.10 Å². The lowest BCUT2D eigenvalue weighted by molar-refractivity contribution is 0.230. The summed E-state index contributed by atoms with van der Waals surface area (Å²) in [5, 5.41) is 0. The molecule has 0 aliphatic heterocycles. The molecule has 0 aliphatic rings. The predicted molar refractivity (Wildman–Crippen MR) is 53.2 cm³/mol. The van der Waals surface area contributed by atoms with E-state index < -0.39 is 0 Å². The van der Waals surface area contributed by atoms with Crippen molar-refractivity contribution in [3.8, 4) is 11.5 Å². The third kappa shape index (κ3) is 2.38. The minimum absolute atomic E-state index is 0.149. The van der Waals surface area contributed by atoms with E-state index in [0.717, 1.165) is 17.1 Å². The molecule has 0 spiro atoms. The molecule has 0 heterocycles. The highest BCUT2D eigenvalue weighted by Crippen LogP contribution is 2.30. The lowest BCUT2D eigenvalue weighted by Crippen LogP contribution is -2.06. The van der Waals surface area contributed by atoms with Gasteiger partial charge in [-0.05, 0) is 32.4 Å². The second kappa shape index (κ2) is 4.17. The summed E-state index contributed by atoms with van der Waals surface area (Å²) in [6.45, 7) is 7.82. The minimum atomic E-state index is 0.149. The van der Waals surface area contributed by atoms with Crippen molar-refractivity contribution in [1.29, 1.82) is 0 Å². The van der Waals surface area contributed by atoms with Gasteiger partial charge in [0.1, 0.15) is 0 Å². The average molecular weight is 179 g/mol. The van der Waals surface area contributed by atoms with Gasteiger partial charge in [-0.1, -0.05) is 12.1 Å². The summed E-state index contributed by atoms with van der Waals surface area (Å²) < 4.78 is 10.7. The van der Waals surface area contributed by atoms with Gasteiger partial charge in [0.25, 0.3) is 0 Å². The molecule has 0 atom stereocenters. The van der Waals surface area contributed by atoms with Gasteiger partial charge in [0.15, 0.2) is 11.5 Å². The zero-order valence-electron chi connectivity index (χ0n) is 8.33. The first kappa shape index (κ1) is 9.90. The Morgan fingerprint density at radius 3 is 2.54 bits per heavy atom. The zero-order valence-corrected chi connectivity index (χ0v) is 8.33. The van der Waals surface area contributed by atoms with E-state index in [9.17, 15) is 0 Å². The van der Waals surface area contributed by atoms with Crippen LogP contribution in [0.1, 0.15) is 19.4 Å². The van der Waals surface area contributed by atoms with E-state index in [1.54, 1.807) is 7.11 Å². The first-order chi connectivity index (χ1) is 6.15. The highest BCUT2D eigenvalue weighted by molar-refractivity contribution is 5.47. The van der Waals surface area contributed by atoms with Crippen LogP contribution in [0.5, 0.6) is 11.5 Å². The molecule has 1 radical (unpaired) electrons. The van der Waals surface area contributed by atoms with E-state index in [4.69, 9.17) is 9.47 Å². The number of benzene rings is 1. The van der Waals surface area contributed by atoms with Crippen molar-refractivity contribution in [1.82, 2.24) is 0 Å². The maximum Gasteiger partial charge on any atom is 0.163 e. The van der Waals surface area contributed by atoms with Gasteiger partial charge < -0.3 is 9.47 Å². The molecule has 0 aliphatic carbocycles. The second-order valence-electron chi connectivity index (χ2n) is 3.12. The molecule has 1 aromatic carbocycles. The SMILES string of the molecule is [CH2]c1cccc(OC(C)C)c1OC. The van der Waals surface area contributed by atoms with Crippen LogP contribution in [0, 0.1) is 6.92 Å². The van der Waals surface area contributed by atoms with Crippen LogP contribution < -0.4 is 9.47 Å². The minimum Gasteiger partial charge on any atom is -0.493 e. The van der Waals surface area contributed by atoms with Crippen molar-refractivity contribution < 1.29 is 9.47 Å². The maximum atomic E-state index is 5.55. The molecule has 1 rings (SSSR count). The fourth-order valence-electron chi connectivity index (χ4n) is 1.14. The highest BCUT2D eigenvalue weighted by atomic mass is 16.5. The summed E-state index contributed by atoms with van der Waals surface area (Å²) in [7, 11) is 1.62. The molecule has 0 aromatic heterocycles.